The minimum atomic E-state index is -2.90. The number of halogens is 2. The van der Waals surface area contributed by atoms with Crippen molar-refractivity contribution >= 4 is 11.9 Å². The topological polar surface area (TPSA) is 59.4 Å². The molecule has 0 aliphatic carbocycles. The number of carbonyl (C=O) groups excluding carboxylic acids is 1. The molecule has 23 heavy (non-hydrogen) atoms. The molecule has 1 atom stereocenters. The number of aryl methyl sites for hydroxylation is 1. The SMILES string of the molecule is Cn1nccc1N1CC[C@@H](NC(=O)OC(C)(C)C)CC(F)(F)C1. The predicted molar refractivity (Wildman–Crippen MR) is 82.8 cm³/mol. The third kappa shape index (κ3) is 5.07. The van der Waals surface area contributed by atoms with E-state index in [2.05, 4.69) is 10.4 Å². The Morgan fingerprint density at radius 3 is 2.74 bits per heavy atom. The Kier molecular flexibility index (Phi) is 4.81. The molecular formula is C15H24F2N4O2. The summed E-state index contributed by atoms with van der Waals surface area (Å²) in [5.41, 5.74) is -0.655. The molecule has 0 bridgehead atoms. The van der Waals surface area contributed by atoms with Crippen LogP contribution in [0.3, 0.4) is 0 Å². The molecular weight excluding hydrogens is 306 g/mol. The van der Waals surface area contributed by atoms with Gasteiger partial charge in [-0.2, -0.15) is 5.10 Å². The number of ether oxygens (including phenoxy) is 1. The first-order valence-corrected chi connectivity index (χ1v) is 7.66. The van der Waals surface area contributed by atoms with Crippen molar-refractivity contribution in [1.29, 1.82) is 0 Å². The van der Waals surface area contributed by atoms with E-state index >= 15 is 0 Å². The van der Waals surface area contributed by atoms with Crippen LogP contribution >= 0.6 is 0 Å². The summed E-state index contributed by atoms with van der Waals surface area (Å²) in [6.07, 6.45) is 0.933. The van der Waals surface area contributed by atoms with Gasteiger partial charge in [-0.25, -0.2) is 13.6 Å². The lowest BCUT2D eigenvalue weighted by molar-refractivity contribution is -0.00544. The van der Waals surface area contributed by atoms with Gasteiger partial charge in [0.2, 0.25) is 0 Å². The molecule has 1 aromatic heterocycles. The summed E-state index contributed by atoms with van der Waals surface area (Å²) in [6, 6.07) is 1.08. The molecule has 2 heterocycles. The highest BCUT2D eigenvalue weighted by atomic mass is 19.3. The van der Waals surface area contributed by atoms with Crippen molar-refractivity contribution < 1.29 is 18.3 Å². The smallest absolute Gasteiger partial charge is 0.407 e. The number of rotatable bonds is 2. The van der Waals surface area contributed by atoms with E-state index in [9.17, 15) is 13.6 Å². The fourth-order valence-electron chi connectivity index (χ4n) is 2.67. The lowest BCUT2D eigenvalue weighted by Crippen LogP contribution is -2.42. The maximum Gasteiger partial charge on any atom is 0.407 e. The molecule has 1 aliphatic heterocycles. The third-order valence-corrected chi connectivity index (χ3v) is 3.55. The van der Waals surface area contributed by atoms with Crippen molar-refractivity contribution in [1.82, 2.24) is 15.1 Å². The molecule has 1 saturated heterocycles. The van der Waals surface area contributed by atoms with Gasteiger partial charge in [0.1, 0.15) is 11.4 Å². The average molecular weight is 330 g/mol. The number of amides is 1. The van der Waals surface area contributed by atoms with Crippen molar-refractivity contribution in [2.24, 2.45) is 7.05 Å². The Labute approximate surface area is 134 Å². The van der Waals surface area contributed by atoms with E-state index in [0.29, 0.717) is 18.8 Å². The van der Waals surface area contributed by atoms with Crippen LogP contribution < -0.4 is 10.2 Å². The fourth-order valence-corrected chi connectivity index (χ4v) is 2.67. The Morgan fingerprint density at radius 1 is 1.48 bits per heavy atom. The van der Waals surface area contributed by atoms with Crippen LogP contribution in [0, 0.1) is 0 Å². The standard InChI is InChI=1S/C15H24F2N4O2/c1-14(2,3)23-13(22)19-11-6-8-21(10-15(16,17)9-11)12-5-7-18-20(12)4/h5,7,11H,6,8-10H2,1-4H3,(H,19,22)/t11-/m1/s1. The quantitative estimate of drug-likeness (QED) is 0.905. The molecule has 1 amide bonds. The van der Waals surface area contributed by atoms with E-state index in [1.807, 2.05) is 0 Å². The first-order chi connectivity index (χ1) is 10.6. The Morgan fingerprint density at radius 2 is 2.17 bits per heavy atom. The van der Waals surface area contributed by atoms with Crippen molar-refractivity contribution in [2.45, 2.75) is 51.2 Å². The van der Waals surface area contributed by atoms with Crippen LogP contribution in [0.1, 0.15) is 33.6 Å². The van der Waals surface area contributed by atoms with Gasteiger partial charge in [0.25, 0.3) is 5.92 Å². The number of nitrogens with one attached hydrogen (secondary N) is 1. The first kappa shape index (κ1) is 17.5. The summed E-state index contributed by atoms with van der Waals surface area (Å²) in [7, 11) is 1.72. The van der Waals surface area contributed by atoms with Gasteiger partial charge in [-0.3, -0.25) is 4.68 Å². The lowest BCUT2D eigenvalue weighted by Gasteiger charge is -2.25. The molecule has 1 N–H and O–H groups in total. The molecule has 1 aromatic rings. The molecule has 1 aliphatic rings. The van der Waals surface area contributed by atoms with E-state index in [4.69, 9.17) is 4.74 Å². The maximum absolute atomic E-state index is 14.2. The average Bonchev–Trinajstić information content (AvgIpc) is 2.71. The minimum Gasteiger partial charge on any atom is -0.444 e. The zero-order valence-corrected chi connectivity index (χ0v) is 14.0. The normalized spacial score (nSPS) is 21.7. The summed E-state index contributed by atoms with van der Waals surface area (Å²) in [6.45, 7) is 5.23. The zero-order valence-electron chi connectivity index (χ0n) is 14.0. The van der Waals surface area contributed by atoms with Crippen LogP contribution in [0.25, 0.3) is 0 Å². The van der Waals surface area contributed by atoms with Gasteiger partial charge in [-0.05, 0) is 27.2 Å². The van der Waals surface area contributed by atoms with Gasteiger partial charge in [0.05, 0.1) is 12.7 Å². The van der Waals surface area contributed by atoms with Crippen LogP contribution in [-0.2, 0) is 11.8 Å². The van der Waals surface area contributed by atoms with E-state index in [-0.39, 0.29) is 6.54 Å². The number of aromatic nitrogens is 2. The van der Waals surface area contributed by atoms with Gasteiger partial charge in [-0.1, -0.05) is 0 Å². The predicted octanol–water partition coefficient (Wildman–Crippen LogP) is 2.55. The van der Waals surface area contributed by atoms with E-state index in [0.717, 1.165) is 0 Å². The summed E-state index contributed by atoms with van der Waals surface area (Å²) in [4.78, 5) is 13.4. The number of nitrogens with zero attached hydrogens (tertiary/aromatic N) is 3. The molecule has 2 rings (SSSR count). The largest absolute Gasteiger partial charge is 0.444 e. The second-order valence-corrected chi connectivity index (χ2v) is 6.93. The van der Waals surface area contributed by atoms with Crippen LogP contribution in [0.5, 0.6) is 0 Å². The summed E-state index contributed by atoms with van der Waals surface area (Å²) in [5, 5.41) is 6.58. The zero-order chi connectivity index (χ0) is 17.3. The second kappa shape index (κ2) is 6.33. The first-order valence-electron chi connectivity index (χ1n) is 7.66. The van der Waals surface area contributed by atoms with Gasteiger partial charge >= 0.3 is 6.09 Å². The molecule has 0 aromatic carbocycles. The highest BCUT2D eigenvalue weighted by Gasteiger charge is 2.39. The maximum atomic E-state index is 14.2. The summed E-state index contributed by atoms with van der Waals surface area (Å²) >= 11 is 0. The fraction of sp³-hybridized carbons (Fsp3) is 0.733. The van der Waals surface area contributed by atoms with Crippen LogP contribution in [0.15, 0.2) is 12.3 Å². The highest BCUT2D eigenvalue weighted by Crippen LogP contribution is 2.29. The monoisotopic (exact) mass is 330 g/mol. The van der Waals surface area contributed by atoms with E-state index < -0.39 is 30.1 Å². The summed E-state index contributed by atoms with van der Waals surface area (Å²) in [5.74, 6) is -2.26. The summed E-state index contributed by atoms with van der Waals surface area (Å²) < 4.78 is 35.1. The van der Waals surface area contributed by atoms with E-state index in [1.54, 1.807) is 49.7 Å². The molecule has 0 saturated carbocycles. The Hall–Kier alpha value is -1.86. The molecule has 130 valence electrons. The molecule has 8 heteroatoms. The number of carbonyl (C=O) groups is 1. The van der Waals surface area contributed by atoms with Gasteiger partial charge in [0.15, 0.2) is 0 Å². The van der Waals surface area contributed by atoms with Crippen LogP contribution in [0.2, 0.25) is 0 Å². The molecule has 6 nitrogen and oxygen atoms in total. The molecule has 0 spiro atoms. The van der Waals surface area contributed by atoms with Gasteiger partial charge < -0.3 is 15.0 Å². The molecule has 0 radical (unpaired) electrons. The molecule has 1 fully saturated rings. The van der Waals surface area contributed by atoms with Crippen molar-refractivity contribution in [3.8, 4) is 0 Å². The Bertz CT molecular complexity index is 554. The van der Waals surface area contributed by atoms with Gasteiger partial charge in [-0.15, -0.1) is 0 Å². The van der Waals surface area contributed by atoms with Crippen molar-refractivity contribution in [2.75, 3.05) is 18.0 Å². The number of alkyl carbamates (subject to hydrolysis) is 1. The van der Waals surface area contributed by atoms with Crippen LogP contribution in [0.4, 0.5) is 19.4 Å². The van der Waals surface area contributed by atoms with Crippen LogP contribution in [-0.4, -0.2) is 46.5 Å². The lowest BCUT2D eigenvalue weighted by atomic mass is 10.1. The Balaban J connectivity index is 2.03. The molecule has 0 unspecified atom stereocenters. The second-order valence-electron chi connectivity index (χ2n) is 6.93. The highest BCUT2D eigenvalue weighted by molar-refractivity contribution is 5.68. The number of alkyl halides is 2. The number of anilines is 1. The number of hydrogen-bond donors (Lipinski definition) is 1. The third-order valence-electron chi connectivity index (χ3n) is 3.55. The number of hydrogen-bond acceptors (Lipinski definition) is 4. The minimum absolute atomic E-state index is 0.390. The van der Waals surface area contributed by atoms with Crippen molar-refractivity contribution in [3.63, 3.8) is 0 Å². The van der Waals surface area contributed by atoms with Gasteiger partial charge in [0, 0.05) is 32.1 Å². The van der Waals surface area contributed by atoms with Crippen molar-refractivity contribution in [3.05, 3.63) is 12.3 Å². The van der Waals surface area contributed by atoms with E-state index in [1.165, 1.54) is 0 Å².